The third-order valence-corrected chi connectivity index (χ3v) is 6.21. The quantitative estimate of drug-likeness (QED) is 0.213. The van der Waals surface area contributed by atoms with Crippen molar-refractivity contribution in [1.82, 2.24) is 0 Å². The van der Waals surface area contributed by atoms with Gasteiger partial charge in [-0.15, -0.1) is 46.4 Å². The average molecular weight is 364 g/mol. The lowest BCUT2D eigenvalue weighted by molar-refractivity contribution is 0.826. The Bertz CT molecular complexity index is 150. The minimum absolute atomic E-state index is 0.170. The lowest BCUT2D eigenvalue weighted by atomic mass is 10.4. The summed E-state index contributed by atoms with van der Waals surface area (Å²) in [6.07, 6.45) is 7.00. The molecule has 18 heavy (non-hydrogen) atoms. The lowest BCUT2D eigenvalue weighted by Crippen LogP contribution is -1.95. The summed E-state index contributed by atoms with van der Waals surface area (Å²) >= 11 is 22.7. The van der Waals surface area contributed by atoms with Crippen LogP contribution in [-0.4, -0.2) is 28.7 Å². The Hall–Kier alpha value is 1.59. The van der Waals surface area contributed by atoms with E-state index in [2.05, 4.69) is 0 Å². The number of hydrogen-bond donors (Lipinski definition) is 0. The van der Waals surface area contributed by atoms with E-state index in [1.165, 1.54) is 49.9 Å². The van der Waals surface area contributed by atoms with Crippen LogP contribution in [0.25, 0.3) is 0 Å². The molecule has 0 atom stereocenters. The molecule has 0 aliphatic rings. The maximum atomic E-state index is 5.67. The summed E-state index contributed by atoms with van der Waals surface area (Å²) in [5.41, 5.74) is 0. The van der Waals surface area contributed by atoms with Gasteiger partial charge in [0.2, 0.25) is 0 Å². The molecule has 0 aliphatic heterocycles. The molecule has 0 bridgehead atoms. The highest BCUT2D eigenvalue weighted by Gasteiger charge is 2.00. The molecule has 0 nitrogen and oxygen atoms in total. The van der Waals surface area contributed by atoms with Gasteiger partial charge in [0.05, 0.1) is 0 Å². The van der Waals surface area contributed by atoms with Crippen molar-refractivity contribution in [1.29, 1.82) is 0 Å². The minimum atomic E-state index is -0.170. The zero-order valence-corrected chi connectivity index (χ0v) is 15.8. The Morgan fingerprint density at radius 3 is 1.22 bits per heavy atom. The van der Waals surface area contributed by atoms with Crippen LogP contribution in [0.4, 0.5) is 0 Å². The van der Waals surface area contributed by atoms with Crippen molar-refractivity contribution >= 4 is 65.4 Å². The van der Waals surface area contributed by atoms with Gasteiger partial charge in [0, 0.05) is 19.0 Å². The number of alkyl halides is 4. The molecule has 0 aromatic carbocycles. The number of hydrogen-bond acceptors (Lipinski definition) is 0. The normalized spacial score (nSPS) is 11.7. The first-order valence-electron chi connectivity index (χ1n) is 6.60. The zero-order valence-electron chi connectivity index (χ0n) is 10.7. The molecule has 0 aliphatic carbocycles. The lowest BCUT2D eigenvalue weighted by Gasteiger charge is -2.02. The van der Waals surface area contributed by atoms with Gasteiger partial charge in [0.15, 0.2) is 0 Å². The van der Waals surface area contributed by atoms with Crippen LogP contribution in [0.3, 0.4) is 0 Å². The number of unbranched alkanes of at least 4 members (excludes halogenated alkanes) is 1. The third kappa shape index (κ3) is 17.6. The number of rotatable bonds is 13. The first-order chi connectivity index (χ1) is 8.63. The Morgan fingerprint density at radius 1 is 0.556 bits per heavy atom. The molecule has 0 amide bonds. The summed E-state index contributed by atoms with van der Waals surface area (Å²) < 4.78 is 0. The first-order valence-corrected chi connectivity index (χ1v) is 11.2. The smallest absolute Gasteiger partial charge is 0.105 e. The fraction of sp³-hybridized carbons (Fsp3) is 1.00. The van der Waals surface area contributed by atoms with Gasteiger partial charge in [0.1, 0.15) is 9.67 Å². The highest BCUT2D eigenvalue weighted by Crippen LogP contribution is 2.13. The van der Waals surface area contributed by atoms with Crippen LogP contribution in [0.5, 0.6) is 0 Å². The second-order valence-corrected chi connectivity index (χ2v) is 9.83. The van der Waals surface area contributed by atoms with E-state index < -0.39 is 0 Å². The second-order valence-electron chi connectivity index (χ2n) is 4.27. The minimum Gasteiger partial charge on any atom is -0.105 e. The van der Waals surface area contributed by atoms with Crippen molar-refractivity contribution in [2.24, 2.45) is 0 Å². The molecule has 0 aromatic heterocycles. The van der Waals surface area contributed by atoms with E-state index in [1.54, 1.807) is 0 Å². The molecule has 0 aromatic rings. The topological polar surface area (TPSA) is 0 Å². The molecule has 0 saturated heterocycles. The van der Waals surface area contributed by atoms with Crippen LogP contribution in [0.2, 0.25) is 24.2 Å². The average Bonchev–Trinajstić information content (AvgIpc) is 2.29. The molecular formula is C12H22Cl4Si2. The van der Waals surface area contributed by atoms with Crippen molar-refractivity contribution < 1.29 is 0 Å². The van der Waals surface area contributed by atoms with E-state index in [0.29, 0.717) is 0 Å². The summed E-state index contributed by atoms with van der Waals surface area (Å²) in [6, 6.07) is 5.35. The Kier molecular flexibility index (Phi) is 16.3. The molecule has 0 fully saturated rings. The van der Waals surface area contributed by atoms with Gasteiger partial charge in [-0.2, -0.15) is 0 Å². The fourth-order valence-corrected chi connectivity index (χ4v) is 4.54. The molecule has 106 valence electrons. The molecule has 0 N–H and O–H groups in total. The summed E-state index contributed by atoms with van der Waals surface area (Å²) in [5, 5.41) is 0. The highest BCUT2D eigenvalue weighted by molar-refractivity contribution is 6.44. The molecular weight excluding hydrogens is 342 g/mol. The van der Waals surface area contributed by atoms with Gasteiger partial charge >= 0.3 is 0 Å². The summed E-state index contributed by atoms with van der Waals surface area (Å²) in [6.45, 7) is 0. The van der Waals surface area contributed by atoms with Crippen molar-refractivity contribution in [2.75, 3.05) is 0 Å². The second kappa shape index (κ2) is 15.0. The Morgan fingerprint density at radius 2 is 0.889 bits per heavy atom. The molecule has 4 radical (unpaired) electrons. The van der Waals surface area contributed by atoms with Gasteiger partial charge in [-0.25, -0.2) is 0 Å². The third-order valence-electron chi connectivity index (χ3n) is 2.51. The molecule has 0 rings (SSSR count). The predicted octanol–water partition coefficient (Wildman–Crippen LogP) is 6.02. The van der Waals surface area contributed by atoms with Gasteiger partial charge in [-0.05, 0) is 12.8 Å². The maximum Gasteiger partial charge on any atom is 0.107 e. The highest BCUT2D eigenvalue weighted by atomic mass is 35.5. The molecule has 0 spiro atoms. The SMILES string of the molecule is ClC(Cl)CCC[Si]CCCC[Si]CCCC(Cl)Cl. The Labute approximate surface area is 137 Å². The van der Waals surface area contributed by atoms with E-state index in [0.717, 1.165) is 31.9 Å². The monoisotopic (exact) mass is 362 g/mol. The van der Waals surface area contributed by atoms with E-state index >= 15 is 0 Å². The van der Waals surface area contributed by atoms with Crippen LogP contribution >= 0.6 is 46.4 Å². The molecule has 0 saturated carbocycles. The standard InChI is InChI=1S/C12H22Cl4Si2/c13-11(14)5-3-9-17-7-1-2-8-18-10-4-6-12(15)16/h11-12H,1-10H2. The molecule has 6 heteroatoms. The van der Waals surface area contributed by atoms with Gasteiger partial charge in [-0.3, -0.25) is 0 Å². The van der Waals surface area contributed by atoms with E-state index in [1.807, 2.05) is 0 Å². The summed E-state index contributed by atoms with van der Waals surface area (Å²) in [7, 11) is 2.18. The van der Waals surface area contributed by atoms with Crippen LogP contribution in [0.1, 0.15) is 38.5 Å². The Balaban J connectivity index is 2.95. The molecule has 0 heterocycles. The largest absolute Gasteiger partial charge is 0.107 e. The number of halogens is 4. The van der Waals surface area contributed by atoms with E-state index in [4.69, 9.17) is 46.4 Å². The van der Waals surface area contributed by atoms with Crippen LogP contribution < -0.4 is 0 Å². The first kappa shape index (κ1) is 19.6. The summed E-state index contributed by atoms with van der Waals surface area (Å²) in [5.74, 6) is 0. The van der Waals surface area contributed by atoms with Crippen molar-refractivity contribution in [3.05, 3.63) is 0 Å². The zero-order chi connectivity index (χ0) is 13.6. The van der Waals surface area contributed by atoms with Crippen LogP contribution in [-0.2, 0) is 0 Å². The predicted molar refractivity (Wildman–Crippen MR) is 89.4 cm³/mol. The van der Waals surface area contributed by atoms with E-state index in [9.17, 15) is 0 Å². The van der Waals surface area contributed by atoms with Crippen LogP contribution in [0, 0.1) is 0 Å². The van der Waals surface area contributed by atoms with E-state index in [-0.39, 0.29) is 9.67 Å². The van der Waals surface area contributed by atoms with Crippen LogP contribution in [0.15, 0.2) is 0 Å². The van der Waals surface area contributed by atoms with Gasteiger partial charge in [-0.1, -0.05) is 49.9 Å². The summed E-state index contributed by atoms with van der Waals surface area (Å²) in [4.78, 5) is -0.340. The van der Waals surface area contributed by atoms with Crippen molar-refractivity contribution in [3.8, 4) is 0 Å². The van der Waals surface area contributed by atoms with Gasteiger partial charge < -0.3 is 0 Å². The maximum absolute atomic E-state index is 5.67. The van der Waals surface area contributed by atoms with Crippen molar-refractivity contribution in [2.45, 2.75) is 72.4 Å². The van der Waals surface area contributed by atoms with Crippen molar-refractivity contribution in [3.63, 3.8) is 0 Å². The molecule has 0 unspecified atom stereocenters. The van der Waals surface area contributed by atoms with Gasteiger partial charge in [0.25, 0.3) is 0 Å². The fourth-order valence-electron chi connectivity index (χ4n) is 1.51.